The normalized spacial score (nSPS) is 11.3. The maximum absolute atomic E-state index is 10.6. The maximum Gasteiger partial charge on any atom is 0.269 e. The van der Waals surface area contributed by atoms with Gasteiger partial charge in [0, 0.05) is 28.8 Å². The number of pyridine rings is 1. The molecule has 0 fully saturated rings. The molecule has 0 saturated heterocycles. The quantitative estimate of drug-likeness (QED) is 0.603. The molecule has 19 heavy (non-hydrogen) atoms. The van der Waals surface area contributed by atoms with Crippen LogP contribution >= 0.6 is 0 Å². The van der Waals surface area contributed by atoms with E-state index in [1.165, 1.54) is 12.1 Å². The molecule has 4 nitrogen and oxygen atoms in total. The average Bonchev–Trinajstić information content (AvgIpc) is 2.38. The smallest absolute Gasteiger partial charge is 0.258 e. The van der Waals surface area contributed by atoms with E-state index >= 15 is 0 Å². The first-order valence-electron chi connectivity index (χ1n) is 6.10. The molecule has 2 aromatic rings. The van der Waals surface area contributed by atoms with Gasteiger partial charge in [-0.15, -0.1) is 0 Å². The highest BCUT2D eigenvalue weighted by atomic mass is 16.6. The molecular weight excluding hydrogens is 240 g/mol. The van der Waals surface area contributed by atoms with Crippen molar-refractivity contribution in [2.45, 2.75) is 26.2 Å². The fraction of sp³-hybridized carbons (Fsp3) is 0.267. The Morgan fingerprint density at radius 2 is 1.68 bits per heavy atom. The van der Waals surface area contributed by atoms with Crippen molar-refractivity contribution >= 4 is 5.69 Å². The van der Waals surface area contributed by atoms with Gasteiger partial charge in [0.25, 0.3) is 5.69 Å². The second kappa shape index (κ2) is 4.80. The second-order valence-corrected chi connectivity index (χ2v) is 5.46. The minimum absolute atomic E-state index is 0.0171. The summed E-state index contributed by atoms with van der Waals surface area (Å²) in [5.41, 5.74) is 2.80. The summed E-state index contributed by atoms with van der Waals surface area (Å²) >= 11 is 0. The van der Waals surface area contributed by atoms with Gasteiger partial charge in [-0.25, -0.2) is 0 Å². The number of nitro benzene ring substituents is 1. The molecule has 0 unspecified atom stereocenters. The lowest BCUT2D eigenvalue weighted by molar-refractivity contribution is -0.384. The summed E-state index contributed by atoms with van der Waals surface area (Å²) in [7, 11) is 0. The van der Waals surface area contributed by atoms with Gasteiger partial charge in [-0.2, -0.15) is 0 Å². The number of nitro groups is 1. The van der Waals surface area contributed by atoms with Gasteiger partial charge in [-0.3, -0.25) is 15.1 Å². The Labute approximate surface area is 112 Å². The largest absolute Gasteiger partial charge is 0.269 e. The fourth-order valence-electron chi connectivity index (χ4n) is 1.77. The Hall–Kier alpha value is -2.23. The Bertz CT molecular complexity index is 598. The van der Waals surface area contributed by atoms with Crippen LogP contribution in [0.25, 0.3) is 11.3 Å². The maximum atomic E-state index is 10.6. The lowest BCUT2D eigenvalue weighted by atomic mass is 9.91. The van der Waals surface area contributed by atoms with Gasteiger partial charge < -0.3 is 0 Å². The van der Waals surface area contributed by atoms with E-state index in [2.05, 4.69) is 25.8 Å². The summed E-state index contributed by atoms with van der Waals surface area (Å²) in [5, 5.41) is 10.6. The monoisotopic (exact) mass is 256 g/mol. The van der Waals surface area contributed by atoms with E-state index in [9.17, 15) is 10.1 Å². The number of benzene rings is 1. The minimum atomic E-state index is -0.400. The Morgan fingerprint density at radius 3 is 2.21 bits per heavy atom. The topological polar surface area (TPSA) is 56.0 Å². The molecule has 0 atom stereocenters. The number of aromatic nitrogens is 1. The molecule has 2 rings (SSSR count). The van der Waals surface area contributed by atoms with Crippen LogP contribution < -0.4 is 0 Å². The first kappa shape index (κ1) is 13.2. The van der Waals surface area contributed by atoms with Crippen LogP contribution in [0, 0.1) is 10.1 Å². The highest BCUT2D eigenvalue weighted by Gasteiger charge is 2.16. The number of rotatable bonds is 2. The van der Waals surface area contributed by atoms with Crippen molar-refractivity contribution in [3.05, 3.63) is 58.3 Å². The Kier molecular flexibility index (Phi) is 3.34. The first-order valence-corrected chi connectivity index (χ1v) is 6.10. The van der Waals surface area contributed by atoms with Gasteiger partial charge in [0.2, 0.25) is 0 Å². The van der Waals surface area contributed by atoms with Crippen LogP contribution in [0.3, 0.4) is 0 Å². The first-order chi connectivity index (χ1) is 8.88. The zero-order valence-electron chi connectivity index (χ0n) is 11.3. The fourth-order valence-corrected chi connectivity index (χ4v) is 1.77. The minimum Gasteiger partial charge on any atom is -0.258 e. The van der Waals surface area contributed by atoms with Crippen LogP contribution in [0.2, 0.25) is 0 Å². The van der Waals surface area contributed by atoms with Crippen LogP contribution in [0.5, 0.6) is 0 Å². The molecule has 0 radical (unpaired) electrons. The molecule has 1 heterocycles. The molecular formula is C15H16N2O2. The summed E-state index contributed by atoms with van der Waals surface area (Å²) in [5.74, 6) is 0. The third-order valence-electron chi connectivity index (χ3n) is 2.89. The molecule has 0 N–H and O–H groups in total. The van der Waals surface area contributed by atoms with Crippen LogP contribution in [-0.2, 0) is 5.41 Å². The second-order valence-electron chi connectivity index (χ2n) is 5.46. The number of hydrogen-bond donors (Lipinski definition) is 0. The molecule has 1 aromatic carbocycles. The van der Waals surface area contributed by atoms with E-state index in [1.54, 1.807) is 12.1 Å². The molecule has 0 spiro atoms. The van der Waals surface area contributed by atoms with Gasteiger partial charge in [0.15, 0.2) is 0 Å². The van der Waals surface area contributed by atoms with E-state index in [0.29, 0.717) is 0 Å². The summed E-state index contributed by atoms with van der Waals surface area (Å²) in [6, 6.07) is 12.3. The molecule has 4 heteroatoms. The van der Waals surface area contributed by atoms with Gasteiger partial charge in [-0.05, 0) is 24.3 Å². The highest BCUT2D eigenvalue weighted by molar-refractivity contribution is 5.61. The summed E-state index contributed by atoms with van der Waals surface area (Å²) < 4.78 is 0. The standard InChI is InChI=1S/C15H16N2O2/c1-15(2,3)14-6-4-5-13(16-14)11-7-9-12(10-8-11)17(18)19/h4-10H,1-3H3. The van der Waals surface area contributed by atoms with Crippen molar-refractivity contribution in [2.75, 3.05) is 0 Å². The Morgan fingerprint density at radius 1 is 1.05 bits per heavy atom. The van der Waals surface area contributed by atoms with E-state index in [1.807, 2.05) is 18.2 Å². The number of hydrogen-bond acceptors (Lipinski definition) is 3. The van der Waals surface area contributed by atoms with Crippen LogP contribution in [0.15, 0.2) is 42.5 Å². The highest BCUT2D eigenvalue weighted by Crippen LogP contribution is 2.25. The summed E-state index contributed by atoms with van der Waals surface area (Å²) in [4.78, 5) is 14.8. The SMILES string of the molecule is CC(C)(C)c1cccc(-c2ccc([N+](=O)[O-])cc2)n1. The van der Waals surface area contributed by atoms with Crippen molar-refractivity contribution in [3.8, 4) is 11.3 Å². The molecule has 1 aromatic heterocycles. The van der Waals surface area contributed by atoms with Gasteiger partial charge in [-0.1, -0.05) is 26.8 Å². The third kappa shape index (κ3) is 2.96. The van der Waals surface area contributed by atoms with Gasteiger partial charge >= 0.3 is 0 Å². The van der Waals surface area contributed by atoms with Crippen LogP contribution in [0.4, 0.5) is 5.69 Å². The molecule has 0 amide bonds. The third-order valence-corrected chi connectivity index (χ3v) is 2.89. The summed E-state index contributed by atoms with van der Waals surface area (Å²) in [6.07, 6.45) is 0. The van der Waals surface area contributed by atoms with Crippen molar-refractivity contribution in [1.82, 2.24) is 4.98 Å². The lowest BCUT2D eigenvalue weighted by Crippen LogP contribution is -2.13. The predicted molar refractivity (Wildman–Crippen MR) is 75.0 cm³/mol. The predicted octanol–water partition coefficient (Wildman–Crippen LogP) is 3.95. The molecule has 0 saturated carbocycles. The van der Waals surface area contributed by atoms with Crippen molar-refractivity contribution < 1.29 is 4.92 Å². The summed E-state index contributed by atoms with van der Waals surface area (Å²) in [6.45, 7) is 6.32. The van der Waals surface area contributed by atoms with Gasteiger partial charge in [0.05, 0.1) is 10.6 Å². The van der Waals surface area contributed by atoms with Gasteiger partial charge in [0.1, 0.15) is 0 Å². The van der Waals surface area contributed by atoms with E-state index in [0.717, 1.165) is 17.0 Å². The average molecular weight is 256 g/mol. The van der Waals surface area contributed by atoms with Crippen molar-refractivity contribution in [3.63, 3.8) is 0 Å². The molecule has 0 bridgehead atoms. The lowest BCUT2D eigenvalue weighted by Gasteiger charge is -2.18. The molecule has 0 aliphatic rings. The number of nitrogens with zero attached hydrogens (tertiary/aromatic N) is 2. The van der Waals surface area contributed by atoms with Crippen LogP contribution in [0.1, 0.15) is 26.5 Å². The number of non-ortho nitro benzene ring substituents is 1. The molecule has 98 valence electrons. The zero-order chi connectivity index (χ0) is 14.0. The van der Waals surface area contributed by atoms with Crippen molar-refractivity contribution in [2.24, 2.45) is 0 Å². The van der Waals surface area contributed by atoms with E-state index in [-0.39, 0.29) is 11.1 Å². The Balaban J connectivity index is 2.39. The zero-order valence-corrected chi connectivity index (χ0v) is 11.3. The van der Waals surface area contributed by atoms with Crippen molar-refractivity contribution in [1.29, 1.82) is 0 Å². The van der Waals surface area contributed by atoms with E-state index < -0.39 is 4.92 Å². The molecule has 0 aliphatic carbocycles. The molecule has 0 aliphatic heterocycles. The van der Waals surface area contributed by atoms with Crippen LogP contribution in [-0.4, -0.2) is 9.91 Å². The van der Waals surface area contributed by atoms with E-state index in [4.69, 9.17) is 0 Å².